The van der Waals surface area contributed by atoms with Crippen molar-refractivity contribution in [2.75, 3.05) is 12.4 Å². The van der Waals surface area contributed by atoms with Crippen molar-refractivity contribution in [3.8, 4) is 0 Å². The fourth-order valence-electron chi connectivity index (χ4n) is 1.53. The van der Waals surface area contributed by atoms with Crippen LogP contribution in [-0.2, 0) is 0 Å². The third-order valence-corrected chi connectivity index (χ3v) is 4.04. The molecule has 96 valence electrons. The lowest BCUT2D eigenvalue weighted by molar-refractivity contribution is 0.183. The Morgan fingerprint density at radius 3 is 2.82 bits per heavy atom. The summed E-state index contributed by atoms with van der Waals surface area (Å²) in [6.07, 6.45) is 1.72. The number of aromatic nitrogens is 1. The molecule has 0 aliphatic carbocycles. The van der Waals surface area contributed by atoms with Gasteiger partial charge in [0.05, 0.1) is 11.6 Å². The molecule has 0 aliphatic heterocycles. The highest BCUT2D eigenvalue weighted by atomic mass is 35.5. The Labute approximate surface area is 112 Å². The first-order valence-electron chi connectivity index (χ1n) is 5.59. The summed E-state index contributed by atoms with van der Waals surface area (Å²) in [5, 5.41) is 14.3. The quantitative estimate of drug-likeness (QED) is 0.783. The van der Waals surface area contributed by atoms with E-state index in [-0.39, 0.29) is 12.1 Å². The van der Waals surface area contributed by atoms with Gasteiger partial charge in [-0.1, -0.05) is 25.4 Å². The molecule has 0 fully saturated rings. The van der Waals surface area contributed by atoms with Gasteiger partial charge in [0.2, 0.25) is 0 Å². The van der Waals surface area contributed by atoms with Crippen molar-refractivity contribution in [3.63, 3.8) is 0 Å². The van der Waals surface area contributed by atoms with Crippen molar-refractivity contribution in [1.29, 1.82) is 0 Å². The van der Waals surface area contributed by atoms with Gasteiger partial charge in [0.25, 0.3) is 0 Å². The zero-order chi connectivity index (χ0) is 12.9. The van der Waals surface area contributed by atoms with Gasteiger partial charge in [-0.25, -0.2) is 4.98 Å². The fourth-order valence-corrected chi connectivity index (χ4v) is 2.79. The van der Waals surface area contributed by atoms with Crippen LogP contribution in [0.4, 0.5) is 0 Å². The fraction of sp³-hybridized carbons (Fsp3) is 0.583. The molecule has 3 nitrogen and oxygen atoms in total. The highest BCUT2D eigenvalue weighted by molar-refractivity contribution is 7.99. The third-order valence-electron chi connectivity index (χ3n) is 2.24. The molecule has 0 radical (unpaired) electrons. The average Bonchev–Trinajstić information content (AvgIpc) is 2.27. The van der Waals surface area contributed by atoms with Crippen molar-refractivity contribution >= 4 is 23.4 Å². The minimum absolute atomic E-state index is 0.0859. The topological polar surface area (TPSA) is 45.1 Å². The van der Waals surface area contributed by atoms with Crippen molar-refractivity contribution in [2.45, 2.75) is 37.4 Å². The van der Waals surface area contributed by atoms with Crippen molar-refractivity contribution in [1.82, 2.24) is 10.3 Å². The lowest BCUT2D eigenvalue weighted by atomic mass is 10.1. The first kappa shape index (κ1) is 14.8. The van der Waals surface area contributed by atoms with Crippen LogP contribution in [0.25, 0.3) is 0 Å². The first-order valence-corrected chi connectivity index (χ1v) is 6.95. The van der Waals surface area contributed by atoms with Crippen LogP contribution in [0.5, 0.6) is 0 Å². The van der Waals surface area contributed by atoms with Crippen LogP contribution >= 0.6 is 23.4 Å². The lowest BCUT2D eigenvalue weighted by Crippen LogP contribution is -2.51. The molecule has 0 saturated carbocycles. The lowest BCUT2D eigenvalue weighted by Gasteiger charge is -2.30. The SMILES string of the molecule is CC(C)NC(C)(CO)CSc1ncccc1Cl. The summed E-state index contributed by atoms with van der Waals surface area (Å²) in [5.74, 6) is 0.721. The molecule has 0 amide bonds. The van der Waals surface area contributed by atoms with Gasteiger partial charge in [-0.05, 0) is 19.1 Å². The minimum Gasteiger partial charge on any atom is -0.394 e. The molecule has 0 bridgehead atoms. The van der Waals surface area contributed by atoms with Crippen LogP contribution in [0, 0.1) is 0 Å². The number of pyridine rings is 1. The molecule has 1 atom stereocenters. The second kappa shape index (κ2) is 6.59. The van der Waals surface area contributed by atoms with Crippen LogP contribution in [-0.4, -0.2) is 34.0 Å². The smallest absolute Gasteiger partial charge is 0.115 e. The normalized spacial score (nSPS) is 14.9. The molecule has 1 unspecified atom stereocenters. The molecule has 17 heavy (non-hydrogen) atoms. The van der Waals surface area contributed by atoms with E-state index in [9.17, 15) is 5.11 Å². The molecule has 1 rings (SSSR count). The summed E-state index contributed by atoms with van der Waals surface area (Å²) in [5.41, 5.74) is -0.320. The van der Waals surface area contributed by atoms with E-state index in [1.165, 1.54) is 0 Å². The van der Waals surface area contributed by atoms with E-state index < -0.39 is 0 Å². The molecule has 2 N–H and O–H groups in total. The predicted molar refractivity (Wildman–Crippen MR) is 73.7 cm³/mol. The summed E-state index contributed by atoms with van der Waals surface area (Å²) in [4.78, 5) is 4.22. The van der Waals surface area contributed by atoms with E-state index in [0.717, 1.165) is 10.8 Å². The van der Waals surface area contributed by atoms with Crippen LogP contribution in [0.2, 0.25) is 5.02 Å². The maximum atomic E-state index is 9.45. The Balaban J connectivity index is 2.62. The highest BCUT2D eigenvalue weighted by Crippen LogP contribution is 2.27. The number of rotatable bonds is 6. The molecular weight excluding hydrogens is 256 g/mol. The van der Waals surface area contributed by atoms with E-state index in [2.05, 4.69) is 24.1 Å². The maximum Gasteiger partial charge on any atom is 0.115 e. The third kappa shape index (κ3) is 4.84. The number of hydrogen-bond donors (Lipinski definition) is 2. The zero-order valence-corrected chi connectivity index (χ0v) is 12.0. The molecule has 0 saturated heterocycles. The monoisotopic (exact) mass is 274 g/mol. The number of aliphatic hydroxyl groups excluding tert-OH is 1. The Bertz CT molecular complexity index is 362. The van der Waals surface area contributed by atoms with Crippen LogP contribution in [0.3, 0.4) is 0 Å². The first-order chi connectivity index (χ1) is 7.97. The van der Waals surface area contributed by atoms with E-state index in [4.69, 9.17) is 11.6 Å². The van der Waals surface area contributed by atoms with Gasteiger partial charge in [0, 0.05) is 23.5 Å². The predicted octanol–water partition coefficient (Wildman–Crippen LogP) is 2.58. The Kier molecular flexibility index (Phi) is 5.73. The number of aliphatic hydroxyl groups is 1. The Morgan fingerprint density at radius 1 is 1.59 bits per heavy atom. The van der Waals surface area contributed by atoms with Crippen LogP contribution in [0.1, 0.15) is 20.8 Å². The van der Waals surface area contributed by atoms with E-state index in [1.807, 2.05) is 19.1 Å². The van der Waals surface area contributed by atoms with E-state index in [0.29, 0.717) is 11.1 Å². The molecule has 5 heteroatoms. The maximum absolute atomic E-state index is 9.45. The number of nitrogens with one attached hydrogen (secondary N) is 1. The number of halogens is 1. The summed E-state index contributed by atoms with van der Waals surface area (Å²) in [6.45, 7) is 6.21. The van der Waals surface area contributed by atoms with Gasteiger partial charge >= 0.3 is 0 Å². The number of nitrogens with zero attached hydrogens (tertiary/aromatic N) is 1. The van der Waals surface area contributed by atoms with Gasteiger partial charge < -0.3 is 10.4 Å². The van der Waals surface area contributed by atoms with Gasteiger partial charge in [0.1, 0.15) is 5.03 Å². The van der Waals surface area contributed by atoms with E-state index >= 15 is 0 Å². The van der Waals surface area contributed by atoms with Gasteiger partial charge in [0.15, 0.2) is 0 Å². The molecule has 1 heterocycles. The molecule has 0 aromatic carbocycles. The van der Waals surface area contributed by atoms with Crippen molar-refractivity contribution in [2.24, 2.45) is 0 Å². The van der Waals surface area contributed by atoms with E-state index in [1.54, 1.807) is 18.0 Å². The van der Waals surface area contributed by atoms with Crippen molar-refractivity contribution < 1.29 is 5.11 Å². The molecule has 0 spiro atoms. The average molecular weight is 275 g/mol. The minimum atomic E-state index is -0.320. The largest absolute Gasteiger partial charge is 0.394 e. The Morgan fingerprint density at radius 2 is 2.29 bits per heavy atom. The van der Waals surface area contributed by atoms with Crippen molar-refractivity contribution in [3.05, 3.63) is 23.4 Å². The van der Waals surface area contributed by atoms with Crippen LogP contribution < -0.4 is 5.32 Å². The molecular formula is C12H19ClN2OS. The second-order valence-corrected chi connectivity index (χ2v) is 5.97. The highest BCUT2D eigenvalue weighted by Gasteiger charge is 2.24. The number of hydrogen-bond acceptors (Lipinski definition) is 4. The van der Waals surface area contributed by atoms with Gasteiger partial charge in [-0.2, -0.15) is 0 Å². The van der Waals surface area contributed by atoms with Crippen LogP contribution in [0.15, 0.2) is 23.4 Å². The van der Waals surface area contributed by atoms with Gasteiger partial charge in [-0.3, -0.25) is 0 Å². The summed E-state index contributed by atoms with van der Waals surface area (Å²) in [6, 6.07) is 3.96. The number of thioether (sulfide) groups is 1. The molecule has 0 aliphatic rings. The van der Waals surface area contributed by atoms with Gasteiger partial charge in [-0.15, -0.1) is 11.8 Å². The Hall–Kier alpha value is -0.290. The standard InChI is InChI=1S/C12H19ClN2OS/c1-9(2)15-12(3,7-16)8-17-11-10(13)5-4-6-14-11/h4-6,9,15-16H,7-8H2,1-3H3. The molecule has 1 aromatic rings. The summed E-state index contributed by atoms with van der Waals surface area (Å²) in [7, 11) is 0. The second-order valence-electron chi connectivity index (χ2n) is 4.60. The molecule has 1 aromatic heterocycles. The zero-order valence-electron chi connectivity index (χ0n) is 10.4. The summed E-state index contributed by atoms with van der Waals surface area (Å²) < 4.78 is 0. The summed E-state index contributed by atoms with van der Waals surface area (Å²) >= 11 is 7.59.